The molecule has 0 heterocycles. The molecule has 19 heavy (non-hydrogen) atoms. The van der Waals surface area contributed by atoms with Gasteiger partial charge in [0.05, 0.1) is 6.54 Å². The third-order valence-electron chi connectivity index (χ3n) is 2.85. The number of hydrogen-bond acceptors (Lipinski definition) is 3. The minimum absolute atomic E-state index is 0.00934. The van der Waals surface area contributed by atoms with E-state index in [9.17, 15) is 4.79 Å². The van der Waals surface area contributed by atoms with Crippen LogP contribution in [-0.2, 0) is 11.3 Å². The maximum absolute atomic E-state index is 11.4. The molecule has 0 unspecified atom stereocenters. The molecule has 0 saturated carbocycles. The van der Waals surface area contributed by atoms with Gasteiger partial charge in [0.1, 0.15) is 0 Å². The summed E-state index contributed by atoms with van der Waals surface area (Å²) in [5, 5.41) is 6.70. The Morgan fingerprint density at radius 3 is 2.79 bits per heavy atom. The molecule has 0 aliphatic heterocycles. The van der Waals surface area contributed by atoms with E-state index in [0.717, 1.165) is 30.8 Å². The van der Waals surface area contributed by atoms with Gasteiger partial charge in [0, 0.05) is 31.4 Å². The summed E-state index contributed by atoms with van der Waals surface area (Å²) in [4.78, 5) is 13.4. The number of nitrogens with one attached hydrogen (secondary N) is 2. The molecule has 0 aliphatic carbocycles. The second-order valence-electron chi connectivity index (χ2n) is 4.48. The number of amides is 1. The quantitative estimate of drug-likeness (QED) is 0.753. The van der Waals surface area contributed by atoms with Crippen LogP contribution in [0.2, 0.25) is 5.02 Å². The lowest BCUT2D eigenvalue weighted by molar-refractivity contribution is -0.119. The second-order valence-corrected chi connectivity index (χ2v) is 4.92. The Morgan fingerprint density at radius 2 is 2.16 bits per heavy atom. The van der Waals surface area contributed by atoms with Crippen molar-refractivity contribution in [3.05, 3.63) is 28.8 Å². The zero-order valence-electron chi connectivity index (χ0n) is 11.8. The van der Waals surface area contributed by atoms with Gasteiger partial charge in [0.15, 0.2) is 0 Å². The van der Waals surface area contributed by atoms with Crippen molar-refractivity contribution in [2.75, 3.05) is 32.1 Å². The first kappa shape index (κ1) is 15.8. The summed E-state index contributed by atoms with van der Waals surface area (Å²) in [6.45, 7) is 4.18. The van der Waals surface area contributed by atoms with Crippen molar-refractivity contribution in [2.45, 2.75) is 19.9 Å². The van der Waals surface area contributed by atoms with Gasteiger partial charge in [0.2, 0.25) is 5.91 Å². The van der Waals surface area contributed by atoms with Gasteiger partial charge in [-0.15, -0.1) is 0 Å². The Morgan fingerprint density at radius 1 is 1.42 bits per heavy atom. The van der Waals surface area contributed by atoms with Gasteiger partial charge in [-0.05, 0) is 36.7 Å². The third kappa shape index (κ3) is 5.09. The molecule has 0 saturated heterocycles. The summed E-state index contributed by atoms with van der Waals surface area (Å²) < 4.78 is 0. The van der Waals surface area contributed by atoms with Crippen LogP contribution in [0.15, 0.2) is 18.2 Å². The fourth-order valence-electron chi connectivity index (χ4n) is 1.85. The molecule has 2 N–H and O–H groups in total. The van der Waals surface area contributed by atoms with Crippen LogP contribution in [-0.4, -0.2) is 33.1 Å². The van der Waals surface area contributed by atoms with Gasteiger partial charge < -0.3 is 15.5 Å². The molecule has 0 aromatic heterocycles. The van der Waals surface area contributed by atoms with E-state index in [1.807, 2.05) is 30.1 Å². The molecular weight excluding hydrogens is 262 g/mol. The van der Waals surface area contributed by atoms with Crippen LogP contribution in [0.25, 0.3) is 0 Å². The fourth-order valence-corrected chi connectivity index (χ4v) is 2.04. The Hall–Kier alpha value is -1.26. The fraction of sp³-hybridized carbons (Fsp3) is 0.500. The highest BCUT2D eigenvalue weighted by Crippen LogP contribution is 2.23. The van der Waals surface area contributed by atoms with E-state index in [-0.39, 0.29) is 5.91 Å². The van der Waals surface area contributed by atoms with Crippen LogP contribution in [0.1, 0.15) is 18.9 Å². The van der Waals surface area contributed by atoms with Gasteiger partial charge in [-0.2, -0.15) is 0 Å². The normalized spacial score (nSPS) is 10.3. The number of halogens is 1. The van der Waals surface area contributed by atoms with Crippen molar-refractivity contribution in [2.24, 2.45) is 0 Å². The van der Waals surface area contributed by atoms with Crippen LogP contribution in [0, 0.1) is 0 Å². The highest BCUT2D eigenvalue weighted by atomic mass is 35.5. The number of likely N-dealkylation sites (N-methyl/N-ethyl adjacent to an activating group) is 2. The average molecular weight is 284 g/mol. The Bertz CT molecular complexity index is 423. The smallest absolute Gasteiger partial charge is 0.239 e. The summed E-state index contributed by atoms with van der Waals surface area (Å²) in [6.07, 6.45) is 1.09. The topological polar surface area (TPSA) is 44.4 Å². The molecule has 0 fully saturated rings. The van der Waals surface area contributed by atoms with Gasteiger partial charge >= 0.3 is 0 Å². The van der Waals surface area contributed by atoms with E-state index < -0.39 is 0 Å². The predicted octanol–water partition coefficient (Wildman–Crippen LogP) is 2.02. The van der Waals surface area contributed by atoms with Crippen molar-refractivity contribution < 1.29 is 4.79 Å². The number of carbonyl (C=O) groups is 1. The average Bonchev–Trinajstić information content (AvgIpc) is 2.38. The number of nitrogens with zero attached hydrogens (tertiary/aromatic N) is 1. The maximum Gasteiger partial charge on any atom is 0.239 e. The lowest BCUT2D eigenvalue weighted by Crippen LogP contribution is -2.33. The summed E-state index contributed by atoms with van der Waals surface area (Å²) in [5.74, 6) is -0.00934. The monoisotopic (exact) mass is 283 g/mol. The molecule has 0 atom stereocenters. The first-order valence-corrected chi connectivity index (χ1v) is 6.87. The maximum atomic E-state index is 11.4. The summed E-state index contributed by atoms with van der Waals surface area (Å²) >= 11 is 6.04. The summed E-state index contributed by atoms with van der Waals surface area (Å²) in [5.41, 5.74) is 2.13. The van der Waals surface area contributed by atoms with E-state index in [2.05, 4.69) is 17.6 Å². The molecule has 4 nitrogen and oxygen atoms in total. The molecule has 0 spiro atoms. The predicted molar refractivity (Wildman–Crippen MR) is 80.8 cm³/mol. The highest BCUT2D eigenvalue weighted by molar-refractivity contribution is 6.30. The molecule has 0 bridgehead atoms. The van der Waals surface area contributed by atoms with Crippen molar-refractivity contribution in [1.82, 2.24) is 10.6 Å². The van der Waals surface area contributed by atoms with Crippen LogP contribution in [0.4, 0.5) is 5.69 Å². The molecule has 1 amide bonds. The zero-order valence-corrected chi connectivity index (χ0v) is 12.5. The zero-order chi connectivity index (χ0) is 14.3. The molecule has 1 rings (SSSR count). The number of anilines is 1. The largest absolute Gasteiger partial charge is 0.365 e. The lowest BCUT2D eigenvalue weighted by Gasteiger charge is -2.22. The van der Waals surface area contributed by atoms with Gasteiger partial charge in [0.25, 0.3) is 0 Å². The third-order valence-corrected chi connectivity index (χ3v) is 3.09. The molecule has 1 aromatic carbocycles. The standard InChI is InChI=1S/C14H22ClN3O/c1-4-7-17-9-11-8-12(15)5-6-13(11)18(3)10-14(19)16-2/h5-6,8,17H,4,7,9-10H2,1-3H3,(H,16,19). The second kappa shape index (κ2) is 8.02. The highest BCUT2D eigenvalue weighted by Gasteiger charge is 2.10. The molecule has 106 valence electrons. The van der Waals surface area contributed by atoms with Crippen molar-refractivity contribution in [3.63, 3.8) is 0 Å². The van der Waals surface area contributed by atoms with Gasteiger partial charge in [-0.25, -0.2) is 0 Å². The molecule has 0 radical (unpaired) electrons. The Kier molecular flexibility index (Phi) is 6.67. The SMILES string of the molecule is CCCNCc1cc(Cl)ccc1N(C)CC(=O)NC. The van der Waals surface area contributed by atoms with Crippen LogP contribution in [0.5, 0.6) is 0 Å². The first-order chi connectivity index (χ1) is 9.08. The lowest BCUT2D eigenvalue weighted by atomic mass is 10.1. The molecular formula is C14H22ClN3O. The molecule has 0 aliphatic rings. The van der Waals surface area contributed by atoms with Gasteiger partial charge in [-0.3, -0.25) is 4.79 Å². The van der Waals surface area contributed by atoms with Crippen LogP contribution >= 0.6 is 11.6 Å². The van der Waals surface area contributed by atoms with Crippen LogP contribution < -0.4 is 15.5 Å². The number of rotatable bonds is 7. The van der Waals surface area contributed by atoms with E-state index in [4.69, 9.17) is 11.6 Å². The van der Waals surface area contributed by atoms with Crippen molar-refractivity contribution in [1.29, 1.82) is 0 Å². The van der Waals surface area contributed by atoms with E-state index >= 15 is 0 Å². The number of hydrogen-bond donors (Lipinski definition) is 2. The molecule has 1 aromatic rings. The number of benzene rings is 1. The summed E-state index contributed by atoms with van der Waals surface area (Å²) in [6, 6.07) is 5.74. The minimum atomic E-state index is -0.00934. The molecule has 5 heteroatoms. The summed E-state index contributed by atoms with van der Waals surface area (Å²) in [7, 11) is 3.55. The Balaban J connectivity index is 2.82. The van der Waals surface area contributed by atoms with E-state index in [1.54, 1.807) is 7.05 Å². The first-order valence-electron chi connectivity index (χ1n) is 6.49. The van der Waals surface area contributed by atoms with Crippen molar-refractivity contribution in [3.8, 4) is 0 Å². The van der Waals surface area contributed by atoms with Crippen LogP contribution in [0.3, 0.4) is 0 Å². The van der Waals surface area contributed by atoms with E-state index in [0.29, 0.717) is 11.6 Å². The van der Waals surface area contributed by atoms with E-state index in [1.165, 1.54) is 0 Å². The Labute approximate surface area is 120 Å². The number of carbonyl (C=O) groups excluding carboxylic acids is 1. The van der Waals surface area contributed by atoms with Crippen molar-refractivity contribution >= 4 is 23.2 Å². The van der Waals surface area contributed by atoms with Gasteiger partial charge in [-0.1, -0.05) is 18.5 Å². The minimum Gasteiger partial charge on any atom is -0.365 e.